The van der Waals surface area contributed by atoms with Crippen LogP contribution < -0.4 is 10.2 Å². The summed E-state index contributed by atoms with van der Waals surface area (Å²) in [6, 6.07) is 0.726. The van der Waals surface area contributed by atoms with E-state index in [0.29, 0.717) is 18.2 Å². The van der Waals surface area contributed by atoms with E-state index in [1.54, 1.807) is 11.3 Å². The number of nitrogens with zero attached hydrogens (tertiary/aromatic N) is 2. The molecule has 1 saturated heterocycles. The zero-order valence-corrected chi connectivity index (χ0v) is 11.8. The molecule has 0 saturated carbocycles. The number of anilines is 1. The Morgan fingerprint density at radius 1 is 1.59 bits per heavy atom. The van der Waals surface area contributed by atoms with Crippen LogP contribution in [0.2, 0.25) is 0 Å². The Bertz CT molecular complexity index is 368. The van der Waals surface area contributed by atoms with Gasteiger partial charge in [0, 0.05) is 18.0 Å². The van der Waals surface area contributed by atoms with Gasteiger partial charge in [0.25, 0.3) is 0 Å². The number of hydrogen-bond acceptors (Lipinski definition) is 5. The second-order valence-corrected chi connectivity index (χ2v) is 5.55. The third-order valence-corrected chi connectivity index (χ3v) is 4.14. The molecule has 0 aliphatic carbocycles. The normalized spacial score (nSPS) is 27.2. The van der Waals surface area contributed by atoms with Gasteiger partial charge in [-0.25, -0.2) is 4.98 Å². The predicted molar refractivity (Wildman–Crippen MR) is 71.8 cm³/mol. The highest BCUT2D eigenvalue weighted by atomic mass is 32.1. The van der Waals surface area contributed by atoms with E-state index >= 15 is 0 Å². The molecule has 3 atom stereocenters. The molecule has 2 heterocycles. The lowest BCUT2D eigenvalue weighted by atomic mass is 10.2. The van der Waals surface area contributed by atoms with E-state index in [9.17, 15) is 0 Å². The van der Waals surface area contributed by atoms with E-state index in [2.05, 4.69) is 36.4 Å². The molecule has 1 N–H and O–H groups in total. The van der Waals surface area contributed by atoms with Gasteiger partial charge in [0.05, 0.1) is 24.4 Å². The average Bonchev–Trinajstić information content (AvgIpc) is 2.80. The molecule has 0 radical (unpaired) electrons. The van der Waals surface area contributed by atoms with Crippen molar-refractivity contribution in [3.8, 4) is 0 Å². The van der Waals surface area contributed by atoms with Gasteiger partial charge < -0.3 is 15.0 Å². The molecule has 5 heteroatoms. The number of aromatic nitrogens is 1. The maximum absolute atomic E-state index is 5.64. The summed E-state index contributed by atoms with van der Waals surface area (Å²) >= 11 is 1.72. The van der Waals surface area contributed by atoms with Gasteiger partial charge in [-0.2, -0.15) is 0 Å². The van der Waals surface area contributed by atoms with Crippen molar-refractivity contribution in [2.75, 3.05) is 25.1 Å². The van der Waals surface area contributed by atoms with Crippen molar-refractivity contribution in [1.82, 2.24) is 10.3 Å². The molecule has 3 unspecified atom stereocenters. The van der Waals surface area contributed by atoms with E-state index in [1.807, 2.05) is 7.05 Å². The molecule has 0 amide bonds. The molecular formula is C12H21N3OS. The monoisotopic (exact) mass is 255 g/mol. The molecule has 1 aliphatic heterocycles. The van der Waals surface area contributed by atoms with E-state index in [0.717, 1.165) is 24.0 Å². The van der Waals surface area contributed by atoms with Crippen LogP contribution in [-0.4, -0.2) is 37.3 Å². The first kappa shape index (κ1) is 12.8. The summed E-state index contributed by atoms with van der Waals surface area (Å²) in [4.78, 5) is 7.07. The Kier molecular flexibility index (Phi) is 4.01. The number of ether oxygens (including phenoxy) is 1. The van der Waals surface area contributed by atoms with Crippen molar-refractivity contribution in [3.05, 3.63) is 11.1 Å². The highest BCUT2D eigenvalue weighted by molar-refractivity contribution is 7.13. The quantitative estimate of drug-likeness (QED) is 0.897. The summed E-state index contributed by atoms with van der Waals surface area (Å²) < 4.78 is 5.64. The molecule has 0 spiro atoms. The number of morpholine rings is 1. The zero-order chi connectivity index (χ0) is 12.4. The molecular weight excluding hydrogens is 234 g/mol. The fraction of sp³-hybridized carbons (Fsp3) is 0.750. The maximum Gasteiger partial charge on any atom is 0.185 e. The third kappa shape index (κ3) is 2.78. The van der Waals surface area contributed by atoms with Crippen LogP contribution in [0.15, 0.2) is 5.38 Å². The Hall–Kier alpha value is -0.650. The van der Waals surface area contributed by atoms with Gasteiger partial charge in [-0.15, -0.1) is 11.3 Å². The summed E-state index contributed by atoms with van der Waals surface area (Å²) in [5.41, 5.74) is 1.12. The first-order valence-corrected chi connectivity index (χ1v) is 7.00. The minimum absolute atomic E-state index is 0.292. The van der Waals surface area contributed by atoms with Crippen LogP contribution in [0.25, 0.3) is 0 Å². The van der Waals surface area contributed by atoms with Crippen LogP contribution in [0.4, 0.5) is 5.13 Å². The first-order chi connectivity index (χ1) is 8.11. The third-order valence-electron chi connectivity index (χ3n) is 3.24. The Morgan fingerprint density at radius 2 is 2.35 bits per heavy atom. The molecule has 2 rings (SSSR count). The fourth-order valence-electron chi connectivity index (χ4n) is 1.92. The van der Waals surface area contributed by atoms with Crippen LogP contribution in [0.3, 0.4) is 0 Å². The van der Waals surface area contributed by atoms with Gasteiger partial charge in [0.15, 0.2) is 5.13 Å². The minimum atomic E-state index is 0.292. The van der Waals surface area contributed by atoms with E-state index in [1.165, 1.54) is 0 Å². The van der Waals surface area contributed by atoms with Crippen LogP contribution in [0, 0.1) is 0 Å². The summed E-state index contributed by atoms with van der Waals surface area (Å²) in [7, 11) is 1.96. The van der Waals surface area contributed by atoms with Crippen molar-refractivity contribution in [2.45, 2.75) is 39.0 Å². The molecule has 1 aromatic rings. The summed E-state index contributed by atoms with van der Waals surface area (Å²) in [5, 5.41) is 6.48. The predicted octanol–water partition coefficient (Wildman–Crippen LogP) is 2.04. The number of hydrogen-bond donors (Lipinski definition) is 1. The summed E-state index contributed by atoms with van der Waals surface area (Å²) in [6.07, 6.45) is 0.292. The van der Waals surface area contributed by atoms with Crippen molar-refractivity contribution in [3.63, 3.8) is 0 Å². The average molecular weight is 255 g/mol. The molecule has 17 heavy (non-hydrogen) atoms. The molecule has 1 fully saturated rings. The van der Waals surface area contributed by atoms with Crippen molar-refractivity contribution < 1.29 is 4.74 Å². The van der Waals surface area contributed by atoms with Crippen molar-refractivity contribution in [2.24, 2.45) is 0 Å². The largest absolute Gasteiger partial charge is 0.375 e. The van der Waals surface area contributed by atoms with Gasteiger partial charge in [-0.3, -0.25) is 0 Å². The second-order valence-electron chi connectivity index (χ2n) is 4.71. The summed E-state index contributed by atoms with van der Waals surface area (Å²) in [5.74, 6) is 0. The van der Waals surface area contributed by atoms with Crippen LogP contribution in [0.1, 0.15) is 32.5 Å². The van der Waals surface area contributed by atoms with Crippen LogP contribution >= 0.6 is 11.3 Å². The molecule has 1 aliphatic rings. The maximum atomic E-state index is 5.64. The first-order valence-electron chi connectivity index (χ1n) is 6.12. The topological polar surface area (TPSA) is 37.4 Å². The Labute approximate surface area is 107 Å². The van der Waals surface area contributed by atoms with Crippen molar-refractivity contribution >= 4 is 16.5 Å². The van der Waals surface area contributed by atoms with Gasteiger partial charge in [-0.05, 0) is 27.8 Å². The molecule has 96 valence electrons. The molecule has 0 bridgehead atoms. The lowest BCUT2D eigenvalue weighted by molar-refractivity contribution is 0.0343. The zero-order valence-electron chi connectivity index (χ0n) is 10.9. The van der Waals surface area contributed by atoms with Gasteiger partial charge in [0.2, 0.25) is 0 Å². The van der Waals surface area contributed by atoms with E-state index in [-0.39, 0.29) is 0 Å². The minimum Gasteiger partial charge on any atom is -0.375 e. The lowest BCUT2D eigenvalue weighted by Gasteiger charge is -2.36. The van der Waals surface area contributed by atoms with Crippen LogP contribution in [0.5, 0.6) is 0 Å². The van der Waals surface area contributed by atoms with Crippen molar-refractivity contribution in [1.29, 1.82) is 0 Å². The van der Waals surface area contributed by atoms with Gasteiger partial charge in [0.1, 0.15) is 0 Å². The Morgan fingerprint density at radius 3 is 3.06 bits per heavy atom. The second kappa shape index (κ2) is 5.33. The van der Waals surface area contributed by atoms with Gasteiger partial charge in [-0.1, -0.05) is 0 Å². The molecule has 4 nitrogen and oxygen atoms in total. The highest BCUT2D eigenvalue weighted by Crippen LogP contribution is 2.27. The fourth-order valence-corrected chi connectivity index (χ4v) is 2.96. The number of thiazole rings is 1. The lowest BCUT2D eigenvalue weighted by Crippen LogP contribution is -2.47. The summed E-state index contributed by atoms with van der Waals surface area (Å²) in [6.45, 7) is 8.15. The highest BCUT2D eigenvalue weighted by Gasteiger charge is 2.25. The standard InChI is InChI=1S/C12H21N3OS/c1-8-6-16-9(2)5-15(8)12-14-11(7-17-12)10(3)13-4/h7-10,13H,5-6H2,1-4H3. The van der Waals surface area contributed by atoms with E-state index < -0.39 is 0 Å². The SMILES string of the molecule is CNC(C)c1csc(N2CC(C)OCC2C)n1. The smallest absolute Gasteiger partial charge is 0.185 e. The van der Waals surface area contributed by atoms with Crippen LogP contribution in [-0.2, 0) is 4.74 Å². The molecule has 0 aromatic carbocycles. The number of rotatable bonds is 3. The molecule has 1 aromatic heterocycles. The Balaban J connectivity index is 2.13. The van der Waals surface area contributed by atoms with Gasteiger partial charge >= 0.3 is 0 Å². The number of nitrogens with one attached hydrogen (secondary N) is 1. The van der Waals surface area contributed by atoms with E-state index in [4.69, 9.17) is 9.72 Å².